The van der Waals surface area contributed by atoms with Crippen LogP contribution in [0.1, 0.15) is 30.2 Å². The highest BCUT2D eigenvalue weighted by Crippen LogP contribution is 2.33. The molecule has 0 bridgehead atoms. The minimum atomic E-state index is -0.754. The lowest BCUT2D eigenvalue weighted by atomic mass is 9.91. The van der Waals surface area contributed by atoms with Crippen LogP contribution in [0, 0.1) is 5.92 Å². The van der Waals surface area contributed by atoms with Crippen molar-refractivity contribution in [2.45, 2.75) is 25.2 Å². The highest BCUT2D eigenvalue weighted by Gasteiger charge is 2.36. The number of hydrogen-bond acceptors (Lipinski definition) is 5. The fourth-order valence-corrected chi connectivity index (χ4v) is 3.23. The average Bonchev–Trinajstić information content (AvgIpc) is 3.18. The van der Waals surface area contributed by atoms with E-state index in [1.807, 2.05) is 12.1 Å². The zero-order valence-corrected chi connectivity index (χ0v) is 12.3. The molecule has 7 heteroatoms. The highest BCUT2D eigenvalue weighted by atomic mass is 16.4. The van der Waals surface area contributed by atoms with Crippen LogP contribution in [0.4, 0.5) is 0 Å². The van der Waals surface area contributed by atoms with Crippen LogP contribution in [0.5, 0.6) is 0 Å². The van der Waals surface area contributed by atoms with E-state index < -0.39 is 5.97 Å². The predicted octanol–water partition coefficient (Wildman–Crippen LogP) is 1.52. The van der Waals surface area contributed by atoms with Crippen LogP contribution in [0.2, 0.25) is 0 Å². The number of furan rings is 1. The van der Waals surface area contributed by atoms with E-state index >= 15 is 0 Å². The molecule has 0 aliphatic carbocycles. The summed E-state index contributed by atoms with van der Waals surface area (Å²) in [6, 6.07) is 3.88. The summed E-state index contributed by atoms with van der Waals surface area (Å²) in [5, 5.41) is 19.7. The number of carboxylic acids is 1. The molecule has 0 spiro atoms. The van der Waals surface area contributed by atoms with Gasteiger partial charge in [0.25, 0.3) is 0 Å². The first kappa shape index (κ1) is 14.8. The molecule has 3 heterocycles. The molecule has 0 amide bonds. The molecule has 2 atom stereocenters. The molecule has 118 valence electrons. The summed E-state index contributed by atoms with van der Waals surface area (Å²) >= 11 is 0. The number of hydrogen-bond donors (Lipinski definition) is 2. The average molecular weight is 304 g/mol. The number of nitrogens with zero attached hydrogens (tertiary/aromatic N) is 3. The number of likely N-dealkylation sites (tertiary alicyclic amines) is 1. The summed E-state index contributed by atoms with van der Waals surface area (Å²) in [6.45, 7) is 2.57. The fraction of sp³-hybridized carbons (Fsp3) is 0.533. The van der Waals surface area contributed by atoms with Crippen LogP contribution in [0.15, 0.2) is 29.0 Å². The molecule has 2 aromatic heterocycles. The van der Waals surface area contributed by atoms with Crippen molar-refractivity contribution in [2.75, 3.05) is 19.6 Å². The van der Waals surface area contributed by atoms with Gasteiger partial charge in [-0.05, 0) is 31.0 Å². The molecule has 1 aliphatic rings. The Labute approximate surface area is 128 Å². The van der Waals surface area contributed by atoms with Gasteiger partial charge in [-0.3, -0.25) is 4.79 Å². The van der Waals surface area contributed by atoms with Gasteiger partial charge in [0.15, 0.2) is 0 Å². The maximum absolute atomic E-state index is 11.1. The Balaban J connectivity index is 1.56. The number of carbonyl (C=O) groups is 1. The van der Waals surface area contributed by atoms with E-state index in [0.29, 0.717) is 0 Å². The van der Waals surface area contributed by atoms with Crippen molar-refractivity contribution in [3.63, 3.8) is 0 Å². The Bertz CT molecular complexity index is 582. The van der Waals surface area contributed by atoms with Gasteiger partial charge >= 0.3 is 5.97 Å². The number of carboxylic acid groups (broad SMARTS) is 1. The molecule has 22 heavy (non-hydrogen) atoms. The van der Waals surface area contributed by atoms with Crippen molar-refractivity contribution in [1.82, 2.24) is 20.3 Å². The van der Waals surface area contributed by atoms with Gasteiger partial charge < -0.3 is 14.4 Å². The number of aromatic amines is 1. The van der Waals surface area contributed by atoms with Gasteiger partial charge in [0.2, 0.25) is 0 Å². The number of aryl methyl sites for hydroxylation is 1. The predicted molar refractivity (Wildman–Crippen MR) is 78.3 cm³/mol. The first-order valence-electron chi connectivity index (χ1n) is 7.54. The van der Waals surface area contributed by atoms with Crippen molar-refractivity contribution in [3.8, 4) is 0 Å². The topological polar surface area (TPSA) is 95.2 Å². The second-order valence-electron chi connectivity index (χ2n) is 5.80. The Kier molecular flexibility index (Phi) is 4.53. The summed E-state index contributed by atoms with van der Waals surface area (Å²) in [5.74, 6) is 0.468. The maximum Gasteiger partial charge on any atom is 0.303 e. The molecule has 1 saturated heterocycles. The van der Waals surface area contributed by atoms with Crippen LogP contribution >= 0.6 is 0 Å². The molecule has 0 unspecified atom stereocenters. The number of nitrogens with one attached hydrogen (secondary N) is 1. The molecular weight excluding hydrogens is 284 g/mol. The van der Waals surface area contributed by atoms with Crippen LogP contribution in [-0.4, -0.2) is 51.0 Å². The van der Waals surface area contributed by atoms with E-state index in [1.165, 1.54) is 0 Å². The quantitative estimate of drug-likeness (QED) is 0.805. The van der Waals surface area contributed by atoms with Gasteiger partial charge in [-0.15, -0.1) is 0 Å². The van der Waals surface area contributed by atoms with E-state index in [2.05, 4.69) is 20.3 Å². The van der Waals surface area contributed by atoms with Gasteiger partial charge in [-0.2, -0.15) is 15.4 Å². The van der Waals surface area contributed by atoms with Crippen LogP contribution < -0.4 is 0 Å². The van der Waals surface area contributed by atoms with E-state index in [-0.39, 0.29) is 18.3 Å². The first-order chi connectivity index (χ1) is 10.7. The van der Waals surface area contributed by atoms with E-state index in [9.17, 15) is 4.79 Å². The standard InChI is InChI=1S/C15H20N4O3/c20-15(21)7-11-9-19(5-1-3-12-4-2-6-22-12)10-13(11)14-8-16-18-17-14/h2,4,6,8,11,13H,1,3,5,7,9-10H2,(H,20,21)(H,16,17,18)/t11-,13+/m1/s1. The first-order valence-corrected chi connectivity index (χ1v) is 7.54. The lowest BCUT2D eigenvalue weighted by Crippen LogP contribution is -2.23. The molecule has 1 aliphatic heterocycles. The summed E-state index contributed by atoms with van der Waals surface area (Å²) in [7, 11) is 0. The Morgan fingerprint density at radius 3 is 3.09 bits per heavy atom. The molecule has 7 nitrogen and oxygen atoms in total. The molecule has 0 saturated carbocycles. The van der Waals surface area contributed by atoms with Crippen molar-refractivity contribution in [2.24, 2.45) is 5.92 Å². The third-order valence-corrected chi connectivity index (χ3v) is 4.24. The van der Waals surface area contributed by atoms with Gasteiger partial charge in [0.1, 0.15) is 5.76 Å². The smallest absolute Gasteiger partial charge is 0.303 e. The zero-order valence-electron chi connectivity index (χ0n) is 12.3. The third kappa shape index (κ3) is 3.54. The van der Waals surface area contributed by atoms with Crippen molar-refractivity contribution in [1.29, 1.82) is 0 Å². The van der Waals surface area contributed by atoms with Gasteiger partial charge in [-0.25, -0.2) is 0 Å². The number of aliphatic carboxylic acids is 1. The summed E-state index contributed by atoms with van der Waals surface area (Å²) in [5.41, 5.74) is 0.861. The minimum absolute atomic E-state index is 0.0891. The van der Waals surface area contributed by atoms with Crippen molar-refractivity contribution >= 4 is 5.97 Å². The zero-order chi connectivity index (χ0) is 15.4. The Morgan fingerprint density at radius 1 is 1.50 bits per heavy atom. The number of rotatable bonds is 7. The van der Waals surface area contributed by atoms with Crippen molar-refractivity contribution in [3.05, 3.63) is 36.0 Å². The second-order valence-corrected chi connectivity index (χ2v) is 5.80. The summed E-state index contributed by atoms with van der Waals surface area (Å²) < 4.78 is 5.33. The third-order valence-electron chi connectivity index (χ3n) is 4.24. The SMILES string of the molecule is O=C(O)C[C@@H]1CN(CCCc2ccco2)C[C@@H]1c1cn[nH]n1. The van der Waals surface area contributed by atoms with Crippen LogP contribution in [0.3, 0.4) is 0 Å². The lowest BCUT2D eigenvalue weighted by molar-refractivity contribution is -0.138. The minimum Gasteiger partial charge on any atom is -0.481 e. The van der Waals surface area contributed by atoms with Crippen LogP contribution in [0.25, 0.3) is 0 Å². The Morgan fingerprint density at radius 2 is 2.41 bits per heavy atom. The van der Waals surface area contributed by atoms with E-state index in [0.717, 1.165) is 43.9 Å². The maximum atomic E-state index is 11.1. The number of aromatic nitrogens is 3. The molecule has 3 rings (SSSR count). The summed E-state index contributed by atoms with van der Waals surface area (Å²) in [4.78, 5) is 13.4. The second kappa shape index (κ2) is 6.74. The summed E-state index contributed by atoms with van der Waals surface area (Å²) in [6.07, 6.45) is 5.47. The van der Waals surface area contributed by atoms with E-state index in [4.69, 9.17) is 9.52 Å². The Hall–Kier alpha value is -2.15. The van der Waals surface area contributed by atoms with E-state index in [1.54, 1.807) is 12.5 Å². The fourth-order valence-electron chi connectivity index (χ4n) is 3.23. The van der Waals surface area contributed by atoms with Gasteiger partial charge in [0, 0.05) is 25.4 Å². The normalized spacial score (nSPS) is 22.2. The molecule has 0 aromatic carbocycles. The molecular formula is C15H20N4O3. The van der Waals surface area contributed by atoms with Crippen molar-refractivity contribution < 1.29 is 14.3 Å². The molecule has 2 N–H and O–H groups in total. The molecule has 1 fully saturated rings. The largest absolute Gasteiger partial charge is 0.481 e. The van der Waals surface area contributed by atoms with Gasteiger partial charge in [-0.1, -0.05) is 0 Å². The number of H-pyrrole nitrogens is 1. The van der Waals surface area contributed by atoms with Crippen LogP contribution in [-0.2, 0) is 11.2 Å². The molecule has 2 aromatic rings. The van der Waals surface area contributed by atoms with Gasteiger partial charge in [0.05, 0.1) is 24.6 Å². The highest BCUT2D eigenvalue weighted by molar-refractivity contribution is 5.67. The lowest BCUT2D eigenvalue weighted by Gasteiger charge is -2.14. The monoisotopic (exact) mass is 304 g/mol. The molecule has 0 radical (unpaired) electrons.